The van der Waals surface area contributed by atoms with Gasteiger partial charge in [0.05, 0.1) is 28.0 Å². The normalized spacial score (nSPS) is 10.4. The van der Waals surface area contributed by atoms with Crippen LogP contribution >= 0.6 is 23.2 Å². The minimum absolute atomic E-state index is 0.440. The zero-order valence-corrected chi connectivity index (χ0v) is 15.0. The smallest absolute Gasteiger partial charge is 0.229 e. The average molecular weight is 375 g/mol. The van der Waals surface area contributed by atoms with Crippen LogP contribution in [0.25, 0.3) is 0 Å². The summed E-state index contributed by atoms with van der Waals surface area (Å²) < 4.78 is 5.60. The molecule has 0 atom stereocenters. The molecule has 0 unspecified atom stereocenters. The fourth-order valence-electron chi connectivity index (χ4n) is 2.20. The van der Waals surface area contributed by atoms with E-state index < -0.39 is 0 Å². The second-order valence-corrected chi connectivity index (χ2v) is 5.83. The standard InChI is InChI=1S/C18H16Cl2N4O/c1-2-25-15-9-4-3-7-13(15)23-18-21-11-10-16(24-18)22-14-8-5-6-12(19)17(14)20/h3-11H,2H2,1H3,(H2,21,22,23,24). The van der Waals surface area contributed by atoms with Gasteiger partial charge >= 0.3 is 0 Å². The minimum atomic E-state index is 0.440. The Bertz CT molecular complexity index is 873. The third-order valence-electron chi connectivity index (χ3n) is 3.30. The molecule has 25 heavy (non-hydrogen) atoms. The Kier molecular flexibility index (Phi) is 5.58. The molecule has 0 amide bonds. The fraction of sp³-hybridized carbons (Fsp3) is 0.111. The summed E-state index contributed by atoms with van der Waals surface area (Å²) in [7, 11) is 0. The van der Waals surface area contributed by atoms with Crippen LogP contribution < -0.4 is 15.4 Å². The lowest BCUT2D eigenvalue weighted by Crippen LogP contribution is -2.02. The second-order valence-electron chi connectivity index (χ2n) is 5.05. The maximum absolute atomic E-state index is 6.20. The minimum Gasteiger partial charge on any atom is -0.492 e. The first-order valence-electron chi connectivity index (χ1n) is 7.70. The van der Waals surface area contributed by atoms with Crippen LogP contribution in [0.1, 0.15) is 6.92 Å². The van der Waals surface area contributed by atoms with Crippen LogP contribution in [0.2, 0.25) is 10.0 Å². The molecule has 0 spiro atoms. The average Bonchev–Trinajstić information content (AvgIpc) is 2.61. The Hall–Kier alpha value is -2.50. The molecule has 0 saturated heterocycles. The van der Waals surface area contributed by atoms with E-state index in [2.05, 4.69) is 20.6 Å². The summed E-state index contributed by atoms with van der Waals surface area (Å²) in [5.74, 6) is 1.77. The maximum Gasteiger partial charge on any atom is 0.229 e. The van der Waals surface area contributed by atoms with Crippen molar-refractivity contribution in [1.82, 2.24) is 9.97 Å². The van der Waals surface area contributed by atoms with Crippen molar-refractivity contribution in [3.8, 4) is 5.75 Å². The summed E-state index contributed by atoms with van der Waals surface area (Å²) in [5.41, 5.74) is 1.47. The number of nitrogens with one attached hydrogen (secondary N) is 2. The molecular weight excluding hydrogens is 359 g/mol. The number of aromatic nitrogens is 2. The van der Waals surface area contributed by atoms with Gasteiger partial charge in [0.25, 0.3) is 0 Å². The topological polar surface area (TPSA) is 59.1 Å². The van der Waals surface area contributed by atoms with Gasteiger partial charge in [0.2, 0.25) is 5.95 Å². The van der Waals surface area contributed by atoms with Crippen molar-refractivity contribution in [3.05, 3.63) is 64.8 Å². The predicted octanol–water partition coefficient (Wildman–Crippen LogP) is 5.67. The third-order valence-corrected chi connectivity index (χ3v) is 4.12. The number of benzene rings is 2. The molecule has 5 nitrogen and oxygen atoms in total. The summed E-state index contributed by atoms with van der Waals surface area (Å²) >= 11 is 12.2. The SMILES string of the molecule is CCOc1ccccc1Nc1nccc(Nc2cccc(Cl)c2Cl)n1. The molecule has 128 valence electrons. The van der Waals surface area contributed by atoms with E-state index in [1.165, 1.54) is 0 Å². The van der Waals surface area contributed by atoms with Crippen molar-refractivity contribution in [3.63, 3.8) is 0 Å². The van der Waals surface area contributed by atoms with Crippen molar-refractivity contribution >= 4 is 46.3 Å². The number of hydrogen-bond donors (Lipinski definition) is 2. The molecule has 1 heterocycles. The van der Waals surface area contributed by atoms with Crippen LogP contribution in [0.5, 0.6) is 5.75 Å². The van der Waals surface area contributed by atoms with Crippen LogP contribution in [-0.2, 0) is 0 Å². The number of nitrogens with zero attached hydrogens (tertiary/aromatic N) is 2. The van der Waals surface area contributed by atoms with Crippen molar-refractivity contribution in [2.24, 2.45) is 0 Å². The van der Waals surface area contributed by atoms with E-state index in [1.54, 1.807) is 18.3 Å². The van der Waals surface area contributed by atoms with Crippen LogP contribution in [0.3, 0.4) is 0 Å². The van der Waals surface area contributed by atoms with Crippen LogP contribution in [0.15, 0.2) is 54.7 Å². The van der Waals surface area contributed by atoms with Gasteiger partial charge in [-0.2, -0.15) is 4.98 Å². The van der Waals surface area contributed by atoms with Gasteiger partial charge in [-0.05, 0) is 37.3 Å². The number of halogens is 2. The predicted molar refractivity (Wildman–Crippen MR) is 103 cm³/mol. The summed E-state index contributed by atoms with van der Waals surface area (Å²) in [6, 6.07) is 14.7. The van der Waals surface area contributed by atoms with E-state index in [-0.39, 0.29) is 0 Å². The lowest BCUT2D eigenvalue weighted by atomic mass is 10.3. The van der Waals surface area contributed by atoms with Gasteiger partial charge in [0.1, 0.15) is 11.6 Å². The molecule has 1 aromatic heterocycles. The molecular formula is C18H16Cl2N4O. The highest BCUT2D eigenvalue weighted by molar-refractivity contribution is 6.43. The molecule has 0 aliphatic rings. The second kappa shape index (κ2) is 8.05. The molecule has 0 aliphatic carbocycles. The zero-order chi connectivity index (χ0) is 17.6. The molecule has 2 N–H and O–H groups in total. The van der Waals surface area contributed by atoms with Crippen molar-refractivity contribution in [2.75, 3.05) is 17.2 Å². The molecule has 0 aliphatic heterocycles. The van der Waals surface area contributed by atoms with E-state index in [4.69, 9.17) is 27.9 Å². The highest BCUT2D eigenvalue weighted by Gasteiger charge is 2.08. The van der Waals surface area contributed by atoms with E-state index in [0.29, 0.717) is 34.1 Å². The first kappa shape index (κ1) is 17.3. The maximum atomic E-state index is 6.20. The molecule has 0 bridgehead atoms. The van der Waals surface area contributed by atoms with Crippen LogP contribution in [0.4, 0.5) is 23.1 Å². The largest absolute Gasteiger partial charge is 0.492 e. The molecule has 7 heteroatoms. The van der Waals surface area contributed by atoms with E-state index >= 15 is 0 Å². The molecule has 2 aromatic carbocycles. The summed E-state index contributed by atoms with van der Waals surface area (Å²) in [6.45, 7) is 2.51. The summed E-state index contributed by atoms with van der Waals surface area (Å²) in [4.78, 5) is 8.69. The molecule has 3 aromatic rings. The first-order valence-corrected chi connectivity index (χ1v) is 8.46. The monoisotopic (exact) mass is 374 g/mol. The van der Waals surface area contributed by atoms with Gasteiger partial charge < -0.3 is 15.4 Å². The third kappa shape index (κ3) is 4.32. The van der Waals surface area contributed by atoms with Crippen molar-refractivity contribution in [2.45, 2.75) is 6.92 Å². The van der Waals surface area contributed by atoms with Gasteiger partial charge in [0.15, 0.2) is 0 Å². The Morgan fingerprint density at radius 3 is 2.60 bits per heavy atom. The van der Waals surface area contributed by atoms with E-state index in [1.807, 2.05) is 43.3 Å². The molecule has 0 fully saturated rings. The molecule has 0 radical (unpaired) electrons. The van der Waals surface area contributed by atoms with Crippen molar-refractivity contribution in [1.29, 1.82) is 0 Å². The van der Waals surface area contributed by atoms with Gasteiger partial charge in [-0.15, -0.1) is 0 Å². The van der Waals surface area contributed by atoms with E-state index in [9.17, 15) is 0 Å². The number of anilines is 4. The van der Waals surface area contributed by atoms with Gasteiger partial charge in [0, 0.05) is 6.20 Å². The highest BCUT2D eigenvalue weighted by atomic mass is 35.5. The Labute approximate surface area is 156 Å². The summed E-state index contributed by atoms with van der Waals surface area (Å²) in [6.07, 6.45) is 1.65. The number of hydrogen-bond acceptors (Lipinski definition) is 5. The van der Waals surface area contributed by atoms with Crippen LogP contribution in [-0.4, -0.2) is 16.6 Å². The zero-order valence-electron chi connectivity index (χ0n) is 13.5. The lowest BCUT2D eigenvalue weighted by molar-refractivity contribution is 0.342. The lowest BCUT2D eigenvalue weighted by Gasteiger charge is -2.12. The van der Waals surface area contributed by atoms with Gasteiger partial charge in [-0.1, -0.05) is 41.4 Å². The Morgan fingerprint density at radius 1 is 0.960 bits per heavy atom. The van der Waals surface area contributed by atoms with Crippen molar-refractivity contribution < 1.29 is 4.74 Å². The fourth-order valence-corrected chi connectivity index (χ4v) is 2.55. The van der Waals surface area contributed by atoms with E-state index in [0.717, 1.165) is 11.4 Å². The van der Waals surface area contributed by atoms with Gasteiger partial charge in [-0.3, -0.25) is 0 Å². The number of rotatable bonds is 6. The Morgan fingerprint density at radius 2 is 1.76 bits per heavy atom. The van der Waals surface area contributed by atoms with Gasteiger partial charge in [-0.25, -0.2) is 4.98 Å². The Balaban J connectivity index is 1.81. The van der Waals surface area contributed by atoms with Crippen LogP contribution in [0, 0.1) is 0 Å². The first-order chi connectivity index (χ1) is 12.2. The quantitative estimate of drug-likeness (QED) is 0.581. The summed E-state index contributed by atoms with van der Waals surface area (Å²) in [5, 5.41) is 7.22. The number of para-hydroxylation sites is 2. The molecule has 3 rings (SSSR count). The molecule has 0 saturated carbocycles. The number of ether oxygens (including phenoxy) is 1. The highest BCUT2D eigenvalue weighted by Crippen LogP contribution is 2.31.